The molecule has 1 amide bonds. The molecule has 0 radical (unpaired) electrons. The Morgan fingerprint density at radius 3 is 2.95 bits per heavy atom. The molecule has 1 N–H and O–H groups in total. The molecular weight excluding hydrogens is 246 g/mol. The summed E-state index contributed by atoms with van der Waals surface area (Å²) < 4.78 is 16.0. The van der Waals surface area contributed by atoms with Crippen molar-refractivity contribution in [3.63, 3.8) is 0 Å². The van der Waals surface area contributed by atoms with Crippen molar-refractivity contribution in [1.82, 2.24) is 0 Å². The molecule has 2 rings (SSSR count). The molecule has 104 valence electrons. The summed E-state index contributed by atoms with van der Waals surface area (Å²) in [5.41, 5.74) is 1.63. The van der Waals surface area contributed by atoms with Crippen molar-refractivity contribution in [2.24, 2.45) is 0 Å². The molecule has 0 saturated carbocycles. The minimum atomic E-state index is -0.326. The van der Waals surface area contributed by atoms with Gasteiger partial charge in [0.1, 0.15) is 6.61 Å². The molecule has 1 saturated heterocycles. The van der Waals surface area contributed by atoms with E-state index in [1.807, 2.05) is 31.2 Å². The van der Waals surface area contributed by atoms with Crippen LogP contribution >= 0.6 is 0 Å². The van der Waals surface area contributed by atoms with Gasteiger partial charge >= 0.3 is 0 Å². The number of hydrogen-bond donors (Lipinski definition) is 1. The van der Waals surface area contributed by atoms with Gasteiger partial charge in [-0.1, -0.05) is 19.1 Å². The standard InChI is InChI=1S/C14H19NO4/c1-2-6-17-10-13(16)15-12-5-3-4-11(9-12)14-18-7-8-19-14/h3-5,9,14H,2,6-8,10H2,1H3,(H,15,16). The van der Waals surface area contributed by atoms with Gasteiger partial charge in [0, 0.05) is 17.9 Å². The Kier molecular flexibility index (Phi) is 5.32. The van der Waals surface area contributed by atoms with E-state index < -0.39 is 0 Å². The van der Waals surface area contributed by atoms with E-state index in [2.05, 4.69) is 5.32 Å². The number of nitrogens with one attached hydrogen (secondary N) is 1. The van der Waals surface area contributed by atoms with Crippen molar-refractivity contribution in [3.05, 3.63) is 29.8 Å². The van der Waals surface area contributed by atoms with Gasteiger partial charge in [-0.2, -0.15) is 0 Å². The molecule has 19 heavy (non-hydrogen) atoms. The first-order valence-electron chi connectivity index (χ1n) is 6.50. The lowest BCUT2D eigenvalue weighted by Gasteiger charge is -2.11. The van der Waals surface area contributed by atoms with Crippen LogP contribution in [0.2, 0.25) is 0 Å². The van der Waals surface area contributed by atoms with E-state index in [0.29, 0.717) is 19.8 Å². The summed E-state index contributed by atoms with van der Waals surface area (Å²) in [6.07, 6.45) is 0.576. The predicted octanol–water partition coefficient (Wildman–Crippen LogP) is 2.10. The second kappa shape index (κ2) is 7.23. The molecule has 0 unspecified atom stereocenters. The summed E-state index contributed by atoms with van der Waals surface area (Å²) in [5.74, 6) is -0.154. The Balaban J connectivity index is 1.89. The molecule has 1 aromatic rings. The van der Waals surface area contributed by atoms with Gasteiger partial charge in [0.15, 0.2) is 6.29 Å². The van der Waals surface area contributed by atoms with Gasteiger partial charge in [-0.15, -0.1) is 0 Å². The Labute approximate surface area is 112 Å². The predicted molar refractivity (Wildman–Crippen MR) is 70.8 cm³/mol. The number of benzene rings is 1. The van der Waals surface area contributed by atoms with Gasteiger partial charge in [0.25, 0.3) is 0 Å². The van der Waals surface area contributed by atoms with Crippen molar-refractivity contribution in [2.75, 3.05) is 31.7 Å². The highest BCUT2D eigenvalue weighted by Crippen LogP contribution is 2.25. The van der Waals surface area contributed by atoms with Gasteiger partial charge in [-0.3, -0.25) is 4.79 Å². The highest BCUT2D eigenvalue weighted by atomic mass is 16.7. The number of ether oxygens (including phenoxy) is 3. The summed E-state index contributed by atoms with van der Waals surface area (Å²) >= 11 is 0. The summed E-state index contributed by atoms with van der Waals surface area (Å²) in [4.78, 5) is 11.6. The van der Waals surface area contributed by atoms with E-state index >= 15 is 0 Å². The van der Waals surface area contributed by atoms with Crippen molar-refractivity contribution >= 4 is 11.6 Å². The van der Waals surface area contributed by atoms with Gasteiger partial charge in [0.2, 0.25) is 5.91 Å². The number of carbonyl (C=O) groups excluding carboxylic acids is 1. The van der Waals surface area contributed by atoms with Crippen LogP contribution in [-0.2, 0) is 19.0 Å². The summed E-state index contributed by atoms with van der Waals surface area (Å²) in [5, 5.41) is 2.79. The maximum atomic E-state index is 11.6. The number of anilines is 1. The average Bonchev–Trinajstić information content (AvgIpc) is 2.93. The molecule has 5 heteroatoms. The largest absolute Gasteiger partial charge is 0.372 e. The third kappa shape index (κ3) is 4.31. The summed E-state index contributed by atoms with van der Waals surface area (Å²) in [6, 6.07) is 7.46. The van der Waals surface area contributed by atoms with Crippen molar-refractivity contribution in [1.29, 1.82) is 0 Å². The Morgan fingerprint density at radius 2 is 2.21 bits per heavy atom. The summed E-state index contributed by atoms with van der Waals surface area (Å²) in [6.45, 7) is 3.88. The smallest absolute Gasteiger partial charge is 0.250 e. The van der Waals surface area contributed by atoms with Crippen LogP contribution in [0.15, 0.2) is 24.3 Å². The fourth-order valence-corrected chi connectivity index (χ4v) is 1.82. The van der Waals surface area contributed by atoms with Crippen molar-refractivity contribution in [2.45, 2.75) is 19.6 Å². The number of hydrogen-bond acceptors (Lipinski definition) is 4. The lowest BCUT2D eigenvalue weighted by molar-refractivity contribution is -0.120. The van der Waals surface area contributed by atoms with Crippen LogP contribution in [0.25, 0.3) is 0 Å². The number of rotatable bonds is 6. The third-order valence-corrected chi connectivity index (χ3v) is 2.65. The monoisotopic (exact) mass is 265 g/mol. The zero-order valence-electron chi connectivity index (χ0n) is 11.1. The van der Waals surface area contributed by atoms with E-state index in [4.69, 9.17) is 14.2 Å². The molecule has 1 aliphatic heterocycles. The van der Waals surface area contributed by atoms with Crippen molar-refractivity contribution < 1.29 is 19.0 Å². The first-order chi connectivity index (χ1) is 9.29. The van der Waals surface area contributed by atoms with E-state index in [1.54, 1.807) is 0 Å². The molecule has 0 bridgehead atoms. The zero-order valence-corrected chi connectivity index (χ0v) is 11.1. The average molecular weight is 265 g/mol. The maximum Gasteiger partial charge on any atom is 0.250 e. The third-order valence-electron chi connectivity index (χ3n) is 2.65. The summed E-state index contributed by atoms with van der Waals surface area (Å²) in [7, 11) is 0. The van der Waals surface area contributed by atoms with E-state index in [0.717, 1.165) is 17.7 Å². The second-order valence-corrected chi connectivity index (χ2v) is 4.30. The lowest BCUT2D eigenvalue weighted by atomic mass is 10.2. The van der Waals surface area contributed by atoms with E-state index in [1.165, 1.54) is 0 Å². The molecule has 0 aliphatic carbocycles. The molecule has 1 aliphatic rings. The minimum absolute atomic E-state index is 0.0779. The lowest BCUT2D eigenvalue weighted by Crippen LogP contribution is -2.18. The number of amides is 1. The highest BCUT2D eigenvalue weighted by molar-refractivity contribution is 5.91. The topological polar surface area (TPSA) is 56.8 Å². The molecule has 1 heterocycles. The van der Waals surface area contributed by atoms with Gasteiger partial charge < -0.3 is 19.5 Å². The first kappa shape index (κ1) is 14.0. The quantitative estimate of drug-likeness (QED) is 0.800. The van der Waals surface area contributed by atoms with Gasteiger partial charge in [-0.25, -0.2) is 0 Å². The molecule has 0 spiro atoms. The molecule has 1 fully saturated rings. The first-order valence-corrected chi connectivity index (χ1v) is 6.50. The van der Waals surface area contributed by atoms with Crippen LogP contribution in [0, 0.1) is 0 Å². The fraction of sp³-hybridized carbons (Fsp3) is 0.500. The van der Waals surface area contributed by atoms with Crippen LogP contribution in [0.4, 0.5) is 5.69 Å². The normalized spacial score (nSPS) is 15.6. The highest BCUT2D eigenvalue weighted by Gasteiger charge is 2.18. The number of carbonyl (C=O) groups is 1. The second-order valence-electron chi connectivity index (χ2n) is 4.30. The molecule has 1 aromatic carbocycles. The SMILES string of the molecule is CCCOCC(=O)Nc1cccc(C2OCCO2)c1. The molecule has 0 atom stereocenters. The minimum Gasteiger partial charge on any atom is -0.372 e. The molecule has 5 nitrogen and oxygen atoms in total. The van der Waals surface area contributed by atoms with Crippen LogP contribution < -0.4 is 5.32 Å². The molecule has 0 aromatic heterocycles. The van der Waals surface area contributed by atoms with Gasteiger partial charge in [0.05, 0.1) is 13.2 Å². The van der Waals surface area contributed by atoms with Crippen LogP contribution in [0.5, 0.6) is 0 Å². The van der Waals surface area contributed by atoms with Gasteiger partial charge in [-0.05, 0) is 18.6 Å². The van der Waals surface area contributed by atoms with E-state index in [9.17, 15) is 4.79 Å². The zero-order chi connectivity index (χ0) is 13.5. The maximum absolute atomic E-state index is 11.6. The van der Waals surface area contributed by atoms with Crippen LogP contribution in [0.3, 0.4) is 0 Å². The fourth-order valence-electron chi connectivity index (χ4n) is 1.82. The Morgan fingerprint density at radius 1 is 1.42 bits per heavy atom. The van der Waals surface area contributed by atoms with E-state index in [-0.39, 0.29) is 18.8 Å². The molecular formula is C14H19NO4. The van der Waals surface area contributed by atoms with Crippen molar-refractivity contribution in [3.8, 4) is 0 Å². The van der Waals surface area contributed by atoms with Crippen LogP contribution in [0.1, 0.15) is 25.2 Å². The Hall–Kier alpha value is -1.43. The Bertz CT molecular complexity index is 416. The van der Waals surface area contributed by atoms with Crippen LogP contribution in [-0.4, -0.2) is 32.3 Å².